The summed E-state index contributed by atoms with van der Waals surface area (Å²) in [4.78, 5) is 2.45. The van der Waals surface area contributed by atoms with Crippen molar-refractivity contribution in [3.63, 3.8) is 0 Å². The van der Waals surface area contributed by atoms with E-state index >= 15 is 0 Å². The van der Waals surface area contributed by atoms with Crippen LogP contribution < -0.4 is 10.5 Å². The van der Waals surface area contributed by atoms with Crippen LogP contribution in [0.15, 0.2) is 18.2 Å². The largest absolute Gasteiger partial charge is 0.497 e. The number of hydrogen-bond acceptors (Lipinski definition) is 3. The first kappa shape index (κ1) is 13.4. The number of rotatable bonds is 4. The molecule has 1 heterocycles. The predicted molar refractivity (Wildman–Crippen MR) is 74.8 cm³/mol. The van der Waals surface area contributed by atoms with Crippen LogP contribution in [-0.4, -0.2) is 31.1 Å². The standard InChI is InChI=1S/C15H24N2O/c1-4-12-7-14(18-3)6-5-13(12)9-17-8-11(2)15(16)10-17/h5-7,11,15H,4,8-10,16H2,1-3H3. The molecule has 2 atom stereocenters. The van der Waals surface area contributed by atoms with Gasteiger partial charge in [0.1, 0.15) is 5.75 Å². The number of ether oxygens (including phenoxy) is 1. The van der Waals surface area contributed by atoms with Crippen LogP contribution in [0, 0.1) is 5.92 Å². The zero-order valence-electron chi connectivity index (χ0n) is 11.6. The van der Waals surface area contributed by atoms with E-state index < -0.39 is 0 Å². The van der Waals surface area contributed by atoms with Gasteiger partial charge in [-0.1, -0.05) is 19.9 Å². The van der Waals surface area contributed by atoms with Crippen LogP contribution in [0.4, 0.5) is 0 Å². The first-order valence-electron chi connectivity index (χ1n) is 6.77. The van der Waals surface area contributed by atoms with Gasteiger partial charge >= 0.3 is 0 Å². The zero-order chi connectivity index (χ0) is 13.1. The van der Waals surface area contributed by atoms with E-state index in [0.717, 1.165) is 31.8 Å². The van der Waals surface area contributed by atoms with E-state index in [0.29, 0.717) is 12.0 Å². The minimum Gasteiger partial charge on any atom is -0.497 e. The summed E-state index contributed by atoms with van der Waals surface area (Å²) in [5.74, 6) is 1.55. The number of aryl methyl sites for hydroxylation is 1. The summed E-state index contributed by atoms with van der Waals surface area (Å²) in [6.45, 7) is 7.55. The van der Waals surface area contributed by atoms with Crippen molar-refractivity contribution >= 4 is 0 Å². The molecule has 1 aromatic carbocycles. The maximum Gasteiger partial charge on any atom is 0.119 e. The topological polar surface area (TPSA) is 38.5 Å². The van der Waals surface area contributed by atoms with Gasteiger partial charge in [0.15, 0.2) is 0 Å². The maximum absolute atomic E-state index is 6.08. The lowest BCUT2D eigenvalue weighted by Crippen LogP contribution is -2.28. The molecule has 1 aliphatic heterocycles. The molecule has 2 N–H and O–H groups in total. The van der Waals surface area contributed by atoms with Gasteiger partial charge in [-0.05, 0) is 35.6 Å². The van der Waals surface area contributed by atoms with Crippen molar-refractivity contribution in [2.75, 3.05) is 20.2 Å². The molecule has 18 heavy (non-hydrogen) atoms. The third kappa shape index (κ3) is 2.85. The summed E-state index contributed by atoms with van der Waals surface area (Å²) in [7, 11) is 1.72. The molecule has 1 saturated heterocycles. The van der Waals surface area contributed by atoms with Crippen molar-refractivity contribution in [3.8, 4) is 5.75 Å². The Hall–Kier alpha value is -1.06. The van der Waals surface area contributed by atoms with Gasteiger partial charge in [0.25, 0.3) is 0 Å². The summed E-state index contributed by atoms with van der Waals surface area (Å²) in [5.41, 5.74) is 8.86. The van der Waals surface area contributed by atoms with Crippen LogP contribution in [0.3, 0.4) is 0 Å². The third-order valence-electron chi connectivity index (χ3n) is 3.93. The van der Waals surface area contributed by atoms with E-state index in [2.05, 4.69) is 30.9 Å². The quantitative estimate of drug-likeness (QED) is 0.886. The average molecular weight is 248 g/mol. The minimum atomic E-state index is 0.327. The highest BCUT2D eigenvalue weighted by Gasteiger charge is 2.26. The second kappa shape index (κ2) is 5.72. The molecule has 3 nitrogen and oxygen atoms in total. The second-order valence-electron chi connectivity index (χ2n) is 5.32. The molecule has 0 amide bonds. The molecule has 3 heteroatoms. The van der Waals surface area contributed by atoms with Crippen LogP contribution in [0.2, 0.25) is 0 Å². The summed E-state index contributed by atoms with van der Waals surface area (Å²) in [5, 5.41) is 0. The summed E-state index contributed by atoms with van der Waals surface area (Å²) < 4.78 is 5.28. The van der Waals surface area contributed by atoms with Crippen molar-refractivity contribution in [1.82, 2.24) is 4.90 Å². The van der Waals surface area contributed by atoms with E-state index in [1.165, 1.54) is 11.1 Å². The molecule has 2 unspecified atom stereocenters. The van der Waals surface area contributed by atoms with Gasteiger partial charge in [-0.25, -0.2) is 0 Å². The van der Waals surface area contributed by atoms with Gasteiger partial charge in [0, 0.05) is 25.7 Å². The fraction of sp³-hybridized carbons (Fsp3) is 0.600. The zero-order valence-corrected chi connectivity index (χ0v) is 11.6. The Kier molecular flexibility index (Phi) is 4.25. The monoisotopic (exact) mass is 248 g/mol. The van der Waals surface area contributed by atoms with Crippen molar-refractivity contribution < 1.29 is 4.74 Å². The molecule has 0 aliphatic carbocycles. The number of nitrogens with zero attached hydrogens (tertiary/aromatic N) is 1. The molecule has 0 bridgehead atoms. The van der Waals surface area contributed by atoms with Gasteiger partial charge in [-0.2, -0.15) is 0 Å². The normalized spacial score (nSPS) is 24.4. The van der Waals surface area contributed by atoms with Crippen molar-refractivity contribution in [2.45, 2.75) is 32.9 Å². The molecule has 100 valence electrons. The highest BCUT2D eigenvalue weighted by atomic mass is 16.5. The van der Waals surface area contributed by atoms with Gasteiger partial charge in [-0.15, -0.1) is 0 Å². The number of likely N-dealkylation sites (tertiary alicyclic amines) is 1. The molecule has 0 radical (unpaired) electrons. The maximum atomic E-state index is 6.08. The molecular weight excluding hydrogens is 224 g/mol. The van der Waals surface area contributed by atoms with E-state index in [9.17, 15) is 0 Å². The molecule has 0 aromatic heterocycles. The number of hydrogen-bond donors (Lipinski definition) is 1. The number of benzene rings is 1. The van der Waals surface area contributed by atoms with Crippen molar-refractivity contribution in [1.29, 1.82) is 0 Å². The van der Waals surface area contributed by atoms with Crippen LogP contribution in [0.5, 0.6) is 5.75 Å². The molecule has 1 aliphatic rings. The van der Waals surface area contributed by atoms with Crippen molar-refractivity contribution in [2.24, 2.45) is 11.7 Å². The Labute approximate surface area is 110 Å². The van der Waals surface area contributed by atoms with Crippen LogP contribution in [-0.2, 0) is 13.0 Å². The van der Waals surface area contributed by atoms with E-state index in [4.69, 9.17) is 10.5 Å². The van der Waals surface area contributed by atoms with Gasteiger partial charge in [0.2, 0.25) is 0 Å². The summed E-state index contributed by atoms with van der Waals surface area (Å²) in [6, 6.07) is 6.71. The van der Waals surface area contributed by atoms with Gasteiger partial charge < -0.3 is 10.5 Å². The van der Waals surface area contributed by atoms with Crippen molar-refractivity contribution in [3.05, 3.63) is 29.3 Å². The fourth-order valence-electron chi connectivity index (χ4n) is 2.68. The lowest BCUT2D eigenvalue weighted by atomic mass is 10.0. The Morgan fingerprint density at radius 3 is 2.67 bits per heavy atom. The lowest BCUT2D eigenvalue weighted by Gasteiger charge is -2.18. The summed E-state index contributed by atoms with van der Waals surface area (Å²) in [6.07, 6.45) is 1.04. The van der Waals surface area contributed by atoms with E-state index in [1.807, 2.05) is 6.07 Å². The smallest absolute Gasteiger partial charge is 0.119 e. The SMILES string of the molecule is CCc1cc(OC)ccc1CN1CC(C)C(N)C1. The Balaban J connectivity index is 2.09. The van der Waals surface area contributed by atoms with Crippen LogP contribution in [0.1, 0.15) is 25.0 Å². The van der Waals surface area contributed by atoms with Gasteiger partial charge in [-0.3, -0.25) is 4.90 Å². The molecule has 0 spiro atoms. The van der Waals surface area contributed by atoms with Gasteiger partial charge in [0.05, 0.1) is 7.11 Å². The molecular formula is C15H24N2O. The molecule has 2 rings (SSSR count). The predicted octanol–water partition coefficient (Wildman–Crippen LogP) is 2.04. The third-order valence-corrected chi connectivity index (χ3v) is 3.93. The highest BCUT2D eigenvalue weighted by molar-refractivity contribution is 5.35. The highest BCUT2D eigenvalue weighted by Crippen LogP contribution is 2.22. The fourth-order valence-corrected chi connectivity index (χ4v) is 2.68. The first-order chi connectivity index (χ1) is 8.63. The number of nitrogens with two attached hydrogens (primary N) is 1. The molecule has 0 saturated carbocycles. The van der Waals surface area contributed by atoms with Crippen LogP contribution >= 0.6 is 0 Å². The lowest BCUT2D eigenvalue weighted by molar-refractivity contribution is 0.317. The summed E-state index contributed by atoms with van der Waals surface area (Å²) >= 11 is 0. The average Bonchev–Trinajstić information content (AvgIpc) is 2.69. The van der Waals surface area contributed by atoms with E-state index in [1.54, 1.807) is 7.11 Å². The Bertz CT molecular complexity index is 395. The second-order valence-corrected chi connectivity index (χ2v) is 5.32. The van der Waals surface area contributed by atoms with E-state index in [-0.39, 0.29) is 0 Å². The number of methoxy groups -OCH3 is 1. The Morgan fingerprint density at radius 1 is 1.33 bits per heavy atom. The van der Waals surface area contributed by atoms with Crippen LogP contribution in [0.25, 0.3) is 0 Å². The minimum absolute atomic E-state index is 0.327. The molecule has 1 aromatic rings. The molecule has 1 fully saturated rings. The Morgan fingerprint density at radius 2 is 2.11 bits per heavy atom. The first-order valence-corrected chi connectivity index (χ1v) is 6.77.